The highest BCUT2D eigenvalue weighted by Crippen LogP contribution is 2.32. The summed E-state index contributed by atoms with van der Waals surface area (Å²) in [5, 5.41) is 5.63. The number of nitrogens with one attached hydrogen (secondary N) is 2. The van der Waals surface area contributed by atoms with Gasteiger partial charge < -0.3 is 20.1 Å². The highest BCUT2D eigenvalue weighted by molar-refractivity contribution is 6.04. The van der Waals surface area contributed by atoms with Crippen LogP contribution in [0.5, 0.6) is 5.75 Å². The van der Waals surface area contributed by atoms with Crippen LogP contribution in [0, 0.1) is 6.92 Å². The van der Waals surface area contributed by atoms with Gasteiger partial charge in [-0.15, -0.1) is 0 Å². The monoisotopic (exact) mass is 442 g/mol. The van der Waals surface area contributed by atoms with Gasteiger partial charge in [-0.2, -0.15) is 0 Å². The molecule has 168 valence electrons. The summed E-state index contributed by atoms with van der Waals surface area (Å²) >= 11 is 0. The van der Waals surface area contributed by atoms with Gasteiger partial charge in [0.15, 0.2) is 0 Å². The van der Waals surface area contributed by atoms with Gasteiger partial charge in [-0.25, -0.2) is 9.59 Å². The number of benzene rings is 3. The van der Waals surface area contributed by atoms with Gasteiger partial charge >= 0.3 is 12.0 Å². The maximum Gasteiger partial charge on any atom is 0.338 e. The first-order valence-corrected chi connectivity index (χ1v) is 10.9. The van der Waals surface area contributed by atoms with Gasteiger partial charge in [-0.05, 0) is 42.7 Å². The zero-order valence-electron chi connectivity index (χ0n) is 18.6. The van der Waals surface area contributed by atoms with Gasteiger partial charge in [0.2, 0.25) is 0 Å². The molecule has 6 heteroatoms. The van der Waals surface area contributed by atoms with Crippen LogP contribution in [-0.2, 0) is 16.1 Å². The van der Waals surface area contributed by atoms with E-state index in [2.05, 4.69) is 22.8 Å². The Labute approximate surface area is 193 Å². The normalized spacial score (nSPS) is 15.5. The van der Waals surface area contributed by atoms with Crippen LogP contribution in [0.4, 0.5) is 4.79 Å². The van der Waals surface area contributed by atoms with Crippen molar-refractivity contribution < 1.29 is 19.1 Å². The van der Waals surface area contributed by atoms with Crippen molar-refractivity contribution in [1.82, 2.24) is 10.6 Å². The average molecular weight is 443 g/mol. The Kier molecular flexibility index (Phi) is 6.74. The van der Waals surface area contributed by atoms with Crippen molar-refractivity contribution in [3.63, 3.8) is 0 Å². The van der Waals surface area contributed by atoms with E-state index in [4.69, 9.17) is 9.47 Å². The van der Waals surface area contributed by atoms with Crippen molar-refractivity contribution in [3.05, 3.63) is 107 Å². The molecule has 2 N–H and O–H groups in total. The number of amides is 2. The molecule has 33 heavy (non-hydrogen) atoms. The summed E-state index contributed by atoms with van der Waals surface area (Å²) in [7, 11) is 0. The van der Waals surface area contributed by atoms with Gasteiger partial charge in [0, 0.05) is 0 Å². The molecule has 4 rings (SSSR count). The number of carbonyl (C=O) groups is 2. The summed E-state index contributed by atoms with van der Waals surface area (Å²) < 4.78 is 11.2. The lowest BCUT2D eigenvalue weighted by atomic mass is 9.92. The first kappa shape index (κ1) is 22.1. The predicted octanol–water partition coefficient (Wildman–Crippen LogP) is 4.90. The molecule has 1 heterocycles. The third kappa shape index (κ3) is 5.23. The lowest BCUT2D eigenvalue weighted by Crippen LogP contribution is -2.45. The second-order valence-electron chi connectivity index (χ2n) is 7.75. The number of hydrogen-bond donors (Lipinski definition) is 2. The third-order valence-electron chi connectivity index (χ3n) is 5.37. The van der Waals surface area contributed by atoms with Crippen LogP contribution < -0.4 is 15.4 Å². The molecule has 1 aliphatic heterocycles. The average Bonchev–Trinajstić information content (AvgIpc) is 2.84. The lowest BCUT2D eigenvalue weighted by Gasteiger charge is -2.29. The number of rotatable bonds is 7. The van der Waals surface area contributed by atoms with Crippen molar-refractivity contribution in [2.24, 2.45) is 0 Å². The van der Waals surface area contributed by atoms with E-state index < -0.39 is 12.0 Å². The van der Waals surface area contributed by atoms with Gasteiger partial charge in [0.05, 0.1) is 23.9 Å². The molecule has 6 nitrogen and oxygen atoms in total. The van der Waals surface area contributed by atoms with Gasteiger partial charge in [-0.1, -0.05) is 72.3 Å². The smallest absolute Gasteiger partial charge is 0.338 e. The van der Waals surface area contributed by atoms with Gasteiger partial charge in [0.1, 0.15) is 12.4 Å². The quantitative estimate of drug-likeness (QED) is 0.510. The highest BCUT2D eigenvalue weighted by Gasteiger charge is 2.34. The molecule has 2 amide bonds. The third-order valence-corrected chi connectivity index (χ3v) is 5.37. The fourth-order valence-corrected chi connectivity index (χ4v) is 3.68. The first-order valence-electron chi connectivity index (χ1n) is 10.9. The first-order chi connectivity index (χ1) is 16.0. The molecule has 0 unspecified atom stereocenters. The van der Waals surface area contributed by atoms with Crippen LogP contribution in [0.25, 0.3) is 5.70 Å². The molecule has 0 fully saturated rings. The molecule has 0 saturated carbocycles. The Balaban J connectivity index is 1.62. The summed E-state index contributed by atoms with van der Waals surface area (Å²) in [6.07, 6.45) is 0. The van der Waals surface area contributed by atoms with E-state index in [-0.39, 0.29) is 12.6 Å². The second-order valence-corrected chi connectivity index (χ2v) is 7.75. The van der Waals surface area contributed by atoms with E-state index in [1.54, 1.807) is 6.92 Å². The Bertz CT molecular complexity index is 1150. The number of ether oxygens (including phenoxy) is 2. The van der Waals surface area contributed by atoms with E-state index in [1.165, 1.54) is 5.56 Å². The predicted molar refractivity (Wildman–Crippen MR) is 126 cm³/mol. The zero-order chi connectivity index (χ0) is 23.2. The van der Waals surface area contributed by atoms with Crippen LogP contribution in [0.3, 0.4) is 0 Å². The fourth-order valence-electron chi connectivity index (χ4n) is 3.68. The van der Waals surface area contributed by atoms with Crippen LogP contribution in [0.1, 0.15) is 35.2 Å². The summed E-state index contributed by atoms with van der Waals surface area (Å²) in [5.41, 5.74) is 4.57. The van der Waals surface area contributed by atoms with Crippen molar-refractivity contribution in [2.45, 2.75) is 26.5 Å². The number of esters is 1. The molecular formula is C27H26N2O4. The molecule has 0 saturated heterocycles. The Morgan fingerprint density at radius 3 is 2.30 bits per heavy atom. The van der Waals surface area contributed by atoms with E-state index >= 15 is 0 Å². The van der Waals surface area contributed by atoms with E-state index in [1.807, 2.05) is 73.7 Å². The molecular weight excluding hydrogens is 416 g/mol. The summed E-state index contributed by atoms with van der Waals surface area (Å²) in [6.45, 7) is 4.49. The Morgan fingerprint density at radius 2 is 1.64 bits per heavy atom. The van der Waals surface area contributed by atoms with Crippen LogP contribution in [0.15, 0.2) is 84.4 Å². The van der Waals surface area contributed by atoms with Crippen molar-refractivity contribution in [2.75, 3.05) is 6.61 Å². The summed E-state index contributed by atoms with van der Waals surface area (Å²) in [6, 6.07) is 23.8. The van der Waals surface area contributed by atoms with E-state index in [0.717, 1.165) is 16.7 Å². The molecule has 1 atom stereocenters. The molecule has 3 aromatic carbocycles. The number of aryl methyl sites for hydroxylation is 1. The van der Waals surface area contributed by atoms with Gasteiger partial charge in [-0.3, -0.25) is 0 Å². The molecule has 3 aromatic rings. The fraction of sp³-hybridized carbons (Fsp3) is 0.185. The van der Waals surface area contributed by atoms with Crippen LogP contribution in [0.2, 0.25) is 0 Å². The number of hydrogen-bond acceptors (Lipinski definition) is 4. The van der Waals surface area contributed by atoms with Crippen molar-refractivity contribution in [3.8, 4) is 5.75 Å². The molecule has 0 bridgehead atoms. The molecule has 1 aliphatic rings. The molecule has 0 spiro atoms. The number of urea groups is 1. The van der Waals surface area contributed by atoms with E-state index in [9.17, 15) is 9.59 Å². The minimum absolute atomic E-state index is 0.233. The summed E-state index contributed by atoms with van der Waals surface area (Å²) in [5.74, 6) is 0.220. The maximum absolute atomic E-state index is 12.9. The Hall–Kier alpha value is -4.06. The SMILES string of the molecule is CCOC(=O)C1=C(c2ccccc2)NC(=O)N[C@H]1c1ccc(OCc2ccc(C)cc2)cc1. The lowest BCUT2D eigenvalue weighted by molar-refractivity contribution is -0.138. The topological polar surface area (TPSA) is 76.7 Å². The number of carbonyl (C=O) groups excluding carboxylic acids is 2. The molecule has 0 aromatic heterocycles. The standard InChI is InChI=1S/C27H26N2O4/c1-3-32-26(30)23-24(20-7-5-4-6-8-20)28-27(31)29-25(23)21-13-15-22(16-14-21)33-17-19-11-9-18(2)10-12-19/h4-16,25H,3,17H2,1-2H3,(H2,28,29,31)/t25-/m0/s1. The highest BCUT2D eigenvalue weighted by atomic mass is 16.5. The molecule has 0 radical (unpaired) electrons. The minimum Gasteiger partial charge on any atom is -0.489 e. The zero-order valence-corrected chi connectivity index (χ0v) is 18.6. The van der Waals surface area contributed by atoms with Crippen LogP contribution >= 0.6 is 0 Å². The van der Waals surface area contributed by atoms with E-state index in [0.29, 0.717) is 23.6 Å². The summed E-state index contributed by atoms with van der Waals surface area (Å²) in [4.78, 5) is 25.4. The minimum atomic E-state index is -0.654. The largest absolute Gasteiger partial charge is 0.489 e. The Morgan fingerprint density at radius 1 is 0.939 bits per heavy atom. The van der Waals surface area contributed by atoms with Crippen molar-refractivity contribution in [1.29, 1.82) is 0 Å². The van der Waals surface area contributed by atoms with Crippen LogP contribution in [-0.4, -0.2) is 18.6 Å². The maximum atomic E-state index is 12.9. The van der Waals surface area contributed by atoms with Crippen molar-refractivity contribution >= 4 is 17.7 Å². The second kappa shape index (κ2) is 10.0. The molecule has 0 aliphatic carbocycles. The van der Waals surface area contributed by atoms with Gasteiger partial charge in [0.25, 0.3) is 0 Å².